The van der Waals surface area contributed by atoms with E-state index in [0.717, 1.165) is 0 Å². The number of nitrogens with one attached hydrogen (secondary N) is 2. The number of amides is 1. The third-order valence-corrected chi connectivity index (χ3v) is 4.00. The number of para-hydroxylation sites is 2. The van der Waals surface area contributed by atoms with E-state index in [-0.39, 0.29) is 17.5 Å². The molecule has 140 valence electrons. The zero-order valence-corrected chi connectivity index (χ0v) is 15.3. The summed E-state index contributed by atoms with van der Waals surface area (Å²) in [6.45, 7) is 1.42. The van der Waals surface area contributed by atoms with E-state index >= 15 is 0 Å². The first-order valence-electron chi connectivity index (χ1n) is 8.73. The molecule has 0 fully saturated rings. The molecule has 2 N–H and O–H groups in total. The molecular formula is C23H19FN2O2. The van der Waals surface area contributed by atoms with Crippen molar-refractivity contribution in [3.8, 4) is 0 Å². The number of carbonyl (C=O) groups is 2. The van der Waals surface area contributed by atoms with E-state index in [1.807, 2.05) is 12.1 Å². The zero-order chi connectivity index (χ0) is 19.9. The van der Waals surface area contributed by atoms with Crippen molar-refractivity contribution in [2.75, 3.05) is 10.6 Å². The molecule has 3 aromatic rings. The van der Waals surface area contributed by atoms with Gasteiger partial charge in [-0.1, -0.05) is 42.5 Å². The molecule has 0 saturated heterocycles. The average molecular weight is 374 g/mol. The number of hydrogen-bond donors (Lipinski definition) is 2. The summed E-state index contributed by atoms with van der Waals surface area (Å²) in [5, 5.41) is 5.94. The minimum Gasteiger partial charge on any atom is -0.353 e. The fraction of sp³-hybridized carbons (Fsp3) is 0.0435. The third-order valence-electron chi connectivity index (χ3n) is 4.00. The molecule has 0 aromatic heterocycles. The molecule has 0 saturated carbocycles. The Labute approximate surface area is 162 Å². The van der Waals surface area contributed by atoms with Crippen LogP contribution in [0.3, 0.4) is 0 Å². The summed E-state index contributed by atoms with van der Waals surface area (Å²) in [5.41, 5.74) is 2.87. The molecule has 0 spiro atoms. The predicted molar refractivity (Wildman–Crippen MR) is 110 cm³/mol. The van der Waals surface area contributed by atoms with Gasteiger partial charge in [-0.25, -0.2) is 4.39 Å². The van der Waals surface area contributed by atoms with E-state index in [2.05, 4.69) is 10.6 Å². The minimum absolute atomic E-state index is 0.190. The van der Waals surface area contributed by atoms with Gasteiger partial charge in [0.2, 0.25) is 5.91 Å². The molecule has 0 aliphatic carbocycles. The lowest BCUT2D eigenvalue weighted by Crippen LogP contribution is -2.10. The van der Waals surface area contributed by atoms with Crippen LogP contribution in [0, 0.1) is 5.82 Å². The number of allylic oxidation sites excluding steroid dienone is 1. The summed E-state index contributed by atoms with van der Waals surface area (Å²) in [4.78, 5) is 24.2. The molecule has 5 heteroatoms. The monoisotopic (exact) mass is 374 g/mol. The van der Waals surface area contributed by atoms with Crippen LogP contribution in [-0.4, -0.2) is 11.7 Å². The van der Waals surface area contributed by atoms with Crippen molar-refractivity contribution in [2.24, 2.45) is 0 Å². The zero-order valence-electron chi connectivity index (χ0n) is 15.3. The van der Waals surface area contributed by atoms with Crippen LogP contribution in [0.4, 0.5) is 15.8 Å². The van der Waals surface area contributed by atoms with Crippen molar-refractivity contribution in [3.05, 3.63) is 102 Å². The van der Waals surface area contributed by atoms with Gasteiger partial charge in [0.1, 0.15) is 5.82 Å². The van der Waals surface area contributed by atoms with Crippen LogP contribution in [0.2, 0.25) is 0 Å². The van der Waals surface area contributed by atoms with Crippen LogP contribution < -0.4 is 10.6 Å². The van der Waals surface area contributed by atoms with Crippen molar-refractivity contribution in [1.82, 2.24) is 0 Å². The lowest BCUT2D eigenvalue weighted by atomic mass is 10.1. The van der Waals surface area contributed by atoms with Crippen molar-refractivity contribution in [3.63, 3.8) is 0 Å². The molecule has 3 rings (SSSR count). The molecule has 0 radical (unpaired) electrons. The molecule has 3 aromatic carbocycles. The third kappa shape index (κ3) is 4.92. The second-order valence-corrected chi connectivity index (χ2v) is 6.15. The highest BCUT2D eigenvalue weighted by atomic mass is 19.1. The first-order valence-corrected chi connectivity index (χ1v) is 8.73. The number of benzene rings is 3. The van der Waals surface area contributed by atoms with Crippen molar-refractivity contribution in [2.45, 2.75) is 6.92 Å². The van der Waals surface area contributed by atoms with E-state index in [1.165, 1.54) is 25.1 Å². The average Bonchev–Trinajstić information content (AvgIpc) is 2.70. The maximum Gasteiger partial charge on any atom is 0.221 e. The SMILES string of the molecule is CC(=O)Nc1ccccc1N/C(=C\C(=O)c1ccccc1)c1ccc(F)cc1. The Hall–Kier alpha value is -3.73. The smallest absolute Gasteiger partial charge is 0.221 e. The molecule has 0 heterocycles. The molecule has 0 unspecified atom stereocenters. The quantitative estimate of drug-likeness (QED) is 0.465. The van der Waals surface area contributed by atoms with Crippen LogP contribution in [0.25, 0.3) is 5.70 Å². The predicted octanol–water partition coefficient (Wildman–Crippen LogP) is 5.12. The number of hydrogen-bond acceptors (Lipinski definition) is 3. The Bertz CT molecular complexity index is 1010. The normalized spacial score (nSPS) is 11.0. The van der Waals surface area contributed by atoms with Crippen molar-refractivity contribution < 1.29 is 14.0 Å². The van der Waals surface area contributed by atoms with Gasteiger partial charge in [-0.15, -0.1) is 0 Å². The largest absolute Gasteiger partial charge is 0.353 e. The molecule has 0 atom stereocenters. The Morgan fingerprint density at radius 3 is 1.93 bits per heavy atom. The van der Waals surface area contributed by atoms with Gasteiger partial charge in [0.15, 0.2) is 5.78 Å². The van der Waals surface area contributed by atoms with Crippen LogP contribution in [0.15, 0.2) is 84.9 Å². The lowest BCUT2D eigenvalue weighted by Gasteiger charge is -2.15. The van der Waals surface area contributed by atoms with Crippen molar-refractivity contribution >= 4 is 28.8 Å². The Morgan fingerprint density at radius 1 is 0.750 bits per heavy atom. The topological polar surface area (TPSA) is 58.2 Å². The molecule has 0 aliphatic rings. The summed E-state index contributed by atoms with van der Waals surface area (Å²) in [7, 11) is 0. The number of halogens is 1. The Balaban J connectivity index is 2.00. The fourth-order valence-electron chi connectivity index (χ4n) is 2.67. The maximum absolute atomic E-state index is 13.4. The highest BCUT2D eigenvalue weighted by molar-refractivity contribution is 6.10. The Kier molecular flexibility index (Phi) is 5.97. The van der Waals surface area contributed by atoms with Gasteiger partial charge >= 0.3 is 0 Å². The minimum atomic E-state index is -0.365. The second-order valence-electron chi connectivity index (χ2n) is 6.15. The Morgan fingerprint density at radius 2 is 1.32 bits per heavy atom. The first kappa shape index (κ1) is 19.0. The van der Waals surface area contributed by atoms with E-state index in [1.54, 1.807) is 54.6 Å². The number of carbonyl (C=O) groups excluding carboxylic acids is 2. The summed E-state index contributed by atoms with van der Waals surface area (Å²) in [5.74, 6) is -0.762. The summed E-state index contributed by atoms with van der Waals surface area (Å²) in [6.07, 6.45) is 1.47. The lowest BCUT2D eigenvalue weighted by molar-refractivity contribution is -0.114. The number of ketones is 1. The highest BCUT2D eigenvalue weighted by Gasteiger charge is 2.11. The highest BCUT2D eigenvalue weighted by Crippen LogP contribution is 2.26. The van der Waals surface area contributed by atoms with E-state index in [9.17, 15) is 14.0 Å². The van der Waals surface area contributed by atoms with Crippen LogP contribution in [0.5, 0.6) is 0 Å². The van der Waals surface area contributed by atoms with Gasteiger partial charge in [0.25, 0.3) is 0 Å². The standard InChI is InChI=1S/C23H19FN2O2/c1-16(27)25-20-9-5-6-10-21(20)26-22(17-11-13-19(24)14-12-17)15-23(28)18-7-3-2-4-8-18/h2-15,26H,1H3,(H,25,27)/b22-15-. The second kappa shape index (κ2) is 8.77. The molecule has 0 aliphatic heterocycles. The van der Waals surface area contributed by atoms with Gasteiger partial charge < -0.3 is 10.6 Å². The summed E-state index contributed by atoms with van der Waals surface area (Å²) < 4.78 is 13.4. The first-order chi connectivity index (χ1) is 13.5. The van der Waals surface area contributed by atoms with E-state index < -0.39 is 0 Å². The fourth-order valence-corrected chi connectivity index (χ4v) is 2.67. The van der Waals surface area contributed by atoms with E-state index in [4.69, 9.17) is 0 Å². The molecule has 28 heavy (non-hydrogen) atoms. The van der Waals surface area contributed by atoms with E-state index in [0.29, 0.717) is 28.2 Å². The van der Waals surface area contributed by atoms with Crippen LogP contribution in [0.1, 0.15) is 22.8 Å². The number of anilines is 2. The van der Waals surface area contributed by atoms with Crippen LogP contribution in [-0.2, 0) is 4.79 Å². The summed E-state index contributed by atoms with van der Waals surface area (Å²) >= 11 is 0. The van der Waals surface area contributed by atoms with Gasteiger partial charge in [0, 0.05) is 24.3 Å². The van der Waals surface area contributed by atoms with Crippen LogP contribution >= 0.6 is 0 Å². The maximum atomic E-state index is 13.4. The van der Waals surface area contributed by atoms with Gasteiger partial charge in [-0.05, 0) is 42.0 Å². The van der Waals surface area contributed by atoms with Gasteiger partial charge in [-0.3, -0.25) is 9.59 Å². The molecule has 1 amide bonds. The molecular weight excluding hydrogens is 355 g/mol. The van der Waals surface area contributed by atoms with Gasteiger partial charge in [-0.2, -0.15) is 0 Å². The number of rotatable bonds is 6. The van der Waals surface area contributed by atoms with Crippen molar-refractivity contribution in [1.29, 1.82) is 0 Å². The molecule has 0 bridgehead atoms. The summed E-state index contributed by atoms with van der Waals surface area (Å²) in [6, 6.07) is 21.9. The van der Waals surface area contributed by atoms with Gasteiger partial charge in [0.05, 0.1) is 11.4 Å². The molecule has 4 nitrogen and oxygen atoms in total.